The molecule has 5 nitrogen and oxygen atoms in total. The first-order valence-corrected chi connectivity index (χ1v) is 31.3. The molecule has 2 fully saturated rings. The Morgan fingerprint density at radius 2 is 0.493 bits per heavy atom. The van der Waals surface area contributed by atoms with Crippen molar-refractivity contribution >= 4 is 78.1 Å². The average Bonchev–Trinajstić information content (AvgIpc) is 4.19. The van der Waals surface area contributed by atoms with Crippen molar-refractivity contribution in [3.05, 3.63) is 192 Å². The summed E-state index contributed by atoms with van der Waals surface area (Å²) in [5.74, 6) is 0. The van der Waals surface area contributed by atoms with Gasteiger partial charge in [-0.3, -0.25) is 6.79 Å². The van der Waals surface area contributed by atoms with Gasteiger partial charge in [0.15, 0.2) is 0 Å². The van der Waals surface area contributed by atoms with Gasteiger partial charge in [-0.05, 0) is 92.6 Å². The van der Waals surface area contributed by atoms with Gasteiger partial charge in [-0.25, -0.2) is 0 Å². The maximum absolute atomic E-state index is 10.7. The first kappa shape index (κ1) is 68.0. The van der Waals surface area contributed by atoms with Crippen LogP contribution in [0.5, 0.6) is 0 Å². The molecule has 2 aliphatic rings. The quantitative estimate of drug-likeness (QED) is 0.0256. The molecule has 0 saturated heterocycles. The van der Waals surface area contributed by atoms with Crippen LogP contribution in [0.4, 0.5) is 25.2 Å². The van der Waals surface area contributed by atoms with Crippen LogP contribution in [-0.4, -0.2) is 43.8 Å². The molecular formula is C53H63F6Mn2N2O3P5. The first-order valence-electron chi connectivity index (χ1n) is 22.8. The summed E-state index contributed by atoms with van der Waals surface area (Å²) in [5, 5.41) is 9.03. The predicted molar refractivity (Wildman–Crippen MR) is 289 cm³/mol. The predicted octanol–water partition coefficient (Wildman–Crippen LogP) is 16.1. The number of benzene rings is 6. The summed E-state index contributed by atoms with van der Waals surface area (Å²) in [5.41, 5.74) is 11.5. The van der Waals surface area contributed by atoms with E-state index in [0.717, 1.165) is 0 Å². The monoisotopic (exact) mass is 1150 g/mol. The van der Waals surface area contributed by atoms with Gasteiger partial charge < -0.3 is 15.3 Å². The van der Waals surface area contributed by atoms with Crippen molar-refractivity contribution in [2.24, 2.45) is 0 Å². The van der Waals surface area contributed by atoms with Gasteiger partial charge in [-0.2, -0.15) is 0 Å². The van der Waals surface area contributed by atoms with Crippen molar-refractivity contribution in [1.82, 2.24) is 0 Å². The Kier molecular flexibility index (Phi) is 36.1. The maximum atomic E-state index is 9.87. The minimum absolute atomic E-state index is 0. The molecule has 0 bridgehead atoms. The summed E-state index contributed by atoms with van der Waals surface area (Å²) >= 11 is 0. The number of carbonyl (C=O) groups excluding carboxylic acids is 1. The van der Waals surface area contributed by atoms with Crippen LogP contribution in [0.2, 0.25) is 0 Å². The van der Waals surface area contributed by atoms with Crippen LogP contribution in [0, 0.1) is 10.4 Å². The number of hydrogen-bond acceptors (Lipinski definition) is 3. The number of hydrogen-bond donors (Lipinski definition) is 0. The summed E-state index contributed by atoms with van der Waals surface area (Å²) < 4.78 is 66.4. The molecule has 0 heterocycles. The molecule has 71 heavy (non-hydrogen) atoms. The standard InChI is InChI=1S/C42H42P4.2C5H10.CHO.F6P.2Mn.2NO/c1-7-19-37(20-8-1)44(38-21-9-2-10-22-38)34-31-43(32-35-45(39-23-11-3-12-24-39)40-25-13-4-14-26-40)33-36-46(41-27-15-5-16-28-41)42-29-17-6-18-30-42;2*1-2-4-5-3-1;1-2;1-7(2,3,4,5)6;;;2*1-2/h1-30H,31-36H2;2*1-5H2;1H;;;;;/q;;;2*-1;;+2;-1;+1. The van der Waals surface area contributed by atoms with Crippen LogP contribution in [0.1, 0.15) is 64.2 Å². The Bertz CT molecular complexity index is 1850. The van der Waals surface area contributed by atoms with Gasteiger partial charge >= 0.3 is 60.3 Å². The third-order valence-corrected chi connectivity index (χ3v) is 22.0. The fraction of sp³-hybridized carbons (Fsp3) is 0.302. The summed E-state index contributed by atoms with van der Waals surface area (Å²) in [6, 6.07) is 67.8. The van der Waals surface area contributed by atoms with Crippen LogP contribution in [-0.2, 0) is 43.7 Å². The maximum Gasteiger partial charge on any atom is 2.00 e. The second kappa shape index (κ2) is 37.7. The molecule has 2 radical (unpaired) electrons. The summed E-state index contributed by atoms with van der Waals surface area (Å²) in [7, 11) is -12.0. The van der Waals surface area contributed by atoms with Gasteiger partial charge in [-0.1, -0.05) is 246 Å². The molecular weight excluding hydrogens is 1090 g/mol. The molecule has 0 aliphatic heterocycles. The Morgan fingerprint density at radius 3 is 0.620 bits per heavy atom. The molecule has 384 valence electrons. The molecule has 2 saturated carbocycles. The zero-order valence-corrected chi connectivity index (χ0v) is 46.4. The van der Waals surface area contributed by atoms with Crippen LogP contribution in [0.25, 0.3) is 5.59 Å². The van der Waals surface area contributed by atoms with E-state index in [1.807, 2.05) is 0 Å². The topological polar surface area (TPSA) is 100 Å². The van der Waals surface area contributed by atoms with E-state index < -0.39 is 7.81 Å². The zero-order valence-electron chi connectivity index (χ0n) is 39.6. The fourth-order valence-corrected chi connectivity index (χ4v) is 19.8. The molecule has 8 rings (SSSR count). The molecule has 0 atom stereocenters. The number of halogens is 6. The summed E-state index contributed by atoms with van der Waals surface area (Å²) in [6.45, 7) is 3.25. The zero-order chi connectivity index (χ0) is 50.7. The largest absolute Gasteiger partial charge is 2.00 e. The third kappa shape index (κ3) is 32.1. The third-order valence-electron chi connectivity index (χ3n) is 10.8. The SMILES string of the molecule is C1CCCC1.C1CCCC1.F[P-](F)(F)(F)(F)F.N#[O+].[CH-]=O.[Mn+2].[Mn].[N-]=O.c1ccc(P(CCP(CCP(c2ccccc2)c2ccccc2)CCP(c2ccccc2)c2ccccc2)c2ccccc2)cc1. The van der Waals surface area contributed by atoms with E-state index in [1.165, 1.54) is 133 Å². The van der Waals surface area contributed by atoms with Crippen molar-refractivity contribution in [3.63, 3.8) is 0 Å². The molecule has 18 heteroatoms. The van der Waals surface area contributed by atoms with Crippen molar-refractivity contribution in [2.45, 2.75) is 64.2 Å². The molecule has 0 unspecified atom stereocenters. The first-order chi connectivity index (χ1) is 33.3. The van der Waals surface area contributed by atoms with E-state index in [2.05, 4.69) is 189 Å². The van der Waals surface area contributed by atoms with Crippen LogP contribution >= 0.6 is 39.5 Å². The Morgan fingerprint density at radius 1 is 0.366 bits per heavy atom. The molecule has 2 aliphatic carbocycles. The summed E-state index contributed by atoms with van der Waals surface area (Å²) in [6.07, 6.45) is 22.8. The molecule has 0 N–H and O–H groups in total. The van der Waals surface area contributed by atoms with Gasteiger partial charge in [0.05, 0.1) is 0 Å². The number of rotatable bonds is 15. The van der Waals surface area contributed by atoms with Crippen molar-refractivity contribution in [2.75, 3.05) is 37.0 Å². The molecule has 0 spiro atoms. The Hall–Kier alpha value is -2.97. The van der Waals surface area contributed by atoms with Gasteiger partial charge in [0.2, 0.25) is 0 Å². The van der Waals surface area contributed by atoms with Gasteiger partial charge in [0, 0.05) is 17.1 Å². The van der Waals surface area contributed by atoms with Gasteiger partial charge in [0.25, 0.3) is 0 Å². The van der Waals surface area contributed by atoms with E-state index in [9.17, 15) is 25.2 Å². The molecule has 6 aromatic carbocycles. The molecule has 6 aromatic rings. The van der Waals surface area contributed by atoms with E-state index >= 15 is 0 Å². The van der Waals surface area contributed by atoms with Crippen molar-refractivity contribution < 1.29 is 68.9 Å². The van der Waals surface area contributed by atoms with Crippen LogP contribution < -0.4 is 31.8 Å². The second-order valence-corrected chi connectivity index (χ2v) is 27.4. The van der Waals surface area contributed by atoms with Gasteiger partial charge in [-0.15, -0.1) is 7.92 Å². The van der Waals surface area contributed by atoms with Crippen molar-refractivity contribution in [1.29, 1.82) is 5.46 Å². The Balaban J connectivity index is 0.00000163. The Labute approximate surface area is 443 Å². The van der Waals surface area contributed by atoms with Gasteiger partial charge in [0.1, 0.15) is 0 Å². The minimum atomic E-state index is -10.7. The molecule has 0 aromatic heterocycles. The van der Waals surface area contributed by atoms with E-state index in [-0.39, 0.29) is 65.8 Å². The normalized spacial score (nSPS) is 13.2. The van der Waals surface area contributed by atoms with E-state index in [4.69, 9.17) is 25.5 Å². The second-order valence-electron chi connectivity index (χ2n) is 15.8. The van der Waals surface area contributed by atoms with Crippen molar-refractivity contribution in [3.8, 4) is 0 Å². The van der Waals surface area contributed by atoms with E-state index in [0.29, 0.717) is 0 Å². The van der Waals surface area contributed by atoms with Crippen LogP contribution in [0.15, 0.2) is 182 Å². The molecule has 0 amide bonds. The summed E-state index contributed by atoms with van der Waals surface area (Å²) in [4.78, 5) is 15.0. The average molecular weight is 1150 g/mol. The minimum Gasteiger partial charge on any atom is -0.577 e. The van der Waals surface area contributed by atoms with Crippen LogP contribution in [0.3, 0.4) is 0 Å². The number of nitrogens with zero attached hydrogens (tertiary/aromatic N) is 2. The fourth-order valence-electron chi connectivity index (χ4n) is 7.70. The van der Waals surface area contributed by atoms with E-state index in [1.54, 1.807) is 0 Å². The number of nitroso groups, excluding NO2 is 1. The smallest absolute Gasteiger partial charge is 0.577 e.